The van der Waals surface area contributed by atoms with Gasteiger partial charge >= 0.3 is 11.9 Å². The Labute approximate surface area is 96.5 Å². The molecule has 1 aliphatic carbocycles. The predicted octanol–water partition coefficient (Wildman–Crippen LogP) is 2.23. The van der Waals surface area contributed by atoms with E-state index in [0.717, 1.165) is 6.42 Å². The lowest BCUT2D eigenvalue weighted by atomic mass is 9.98. The van der Waals surface area contributed by atoms with E-state index in [4.69, 9.17) is 21.8 Å². The smallest absolute Gasteiger partial charge is 0.337 e. The Bertz CT molecular complexity index is 493. The van der Waals surface area contributed by atoms with E-state index in [1.807, 2.05) is 0 Å². The number of carboxylic acid groups (broad SMARTS) is 2. The van der Waals surface area contributed by atoms with Crippen molar-refractivity contribution in [2.45, 2.75) is 19.3 Å². The van der Waals surface area contributed by atoms with Crippen LogP contribution in [0.15, 0.2) is 6.07 Å². The Morgan fingerprint density at radius 2 is 1.75 bits per heavy atom. The minimum Gasteiger partial charge on any atom is -0.478 e. The topological polar surface area (TPSA) is 74.6 Å². The van der Waals surface area contributed by atoms with Gasteiger partial charge in [0.1, 0.15) is 0 Å². The number of carboxylic acids is 2. The molecule has 2 N–H and O–H groups in total. The van der Waals surface area contributed by atoms with Crippen LogP contribution in [0.3, 0.4) is 0 Å². The first-order valence-electron chi connectivity index (χ1n) is 4.83. The summed E-state index contributed by atoms with van der Waals surface area (Å²) < 4.78 is 0. The van der Waals surface area contributed by atoms with Crippen LogP contribution in [-0.4, -0.2) is 22.2 Å². The highest BCUT2D eigenvalue weighted by atomic mass is 35.5. The molecule has 0 spiro atoms. The summed E-state index contributed by atoms with van der Waals surface area (Å²) in [5, 5.41) is 18.0. The summed E-state index contributed by atoms with van der Waals surface area (Å²) >= 11 is 5.81. The highest BCUT2D eigenvalue weighted by Gasteiger charge is 2.26. The van der Waals surface area contributed by atoms with Gasteiger partial charge in [0.05, 0.1) is 16.1 Å². The zero-order valence-corrected chi connectivity index (χ0v) is 9.04. The summed E-state index contributed by atoms with van der Waals surface area (Å²) in [6.45, 7) is 0. The molecule has 0 saturated heterocycles. The lowest BCUT2D eigenvalue weighted by Gasteiger charge is -2.09. The molecule has 84 valence electrons. The molecule has 0 unspecified atom stereocenters. The van der Waals surface area contributed by atoms with E-state index in [-0.39, 0.29) is 16.1 Å². The summed E-state index contributed by atoms with van der Waals surface area (Å²) in [5.74, 6) is -2.16. The lowest BCUT2D eigenvalue weighted by Crippen LogP contribution is -2.09. The van der Waals surface area contributed by atoms with E-state index in [1.165, 1.54) is 6.07 Å². The molecule has 0 saturated carbocycles. The fraction of sp³-hybridized carbons (Fsp3) is 0.273. The predicted molar refractivity (Wildman–Crippen MR) is 57.4 cm³/mol. The quantitative estimate of drug-likeness (QED) is 0.831. The average Bonchev–Trinajstić information content (AvgIpc) is 2.63. The van der Waals surface area contributed by atoms with Gasteiger partial charge in [-0.3, -0.25) is 0 Å². The van der Waals surface area contributed by atoms with Crippen molar-refractivity contribution < 1.29 is 19.8 Å². The van der Waals surface area contributed by atoms with Crippen LogP contribution >= 0.6 is 11.6 Å². The van der Waals surface area contributed by atoms with Gasteiger partial charge in [-0.1, -0.05) is 11.6 Å². The Morgan fingerprint density at radius 1 is 1.12 bits per heavy atom. The van der Waals surface area contributed by atoms with Gasteiger partial charge in [0.15, 0.2) is 0 Å². The summed E-state index contributed by atoms with van der Waals surface area (Å²) in [7, 11) is 0. The third-order valence-electron chi connectivity index (χ3n) is 2.80. The van der Waals surface area contributed by atoms with Crippen molar-refractivity contribution in [1.29, 1.82) is 0 Å². The molecule has 5 heteroatoms. The van der Waals surface area contributed by atoms with E-state index in [0.29, 0.717) is 24.0 Å². The molecule has 0 heterocycles. The molecule has 1 aliphatic rings. The molecule has 0 amide bonds. The molecule has 16 heavy (non-hydrogen) atoms. The Kier molecular flexibility index (Phi) is 2.59. The third kappa shape index (κ3) is 1.55. The number of fused-ring (bicyclic) bond motifs is 1. The molecular formula is C11H9ClO4. The van der Waals surface area contributed by atoms with Gasteiger partial charge in [0.25, 0.3) is 0 Å². The molecule has 0 aliphatic heterocycles. The number of carbonyl (C=O) groups is 2. The standard InChI is InChI=1S/C11H9ClO4/c12-8-4-7(10(13)14)5-2-1-3-6(5)9(8)11(15)16/h4H,1-3H2,(H,13,14)(H,15,16). The molecule has 1 aromatic rings. The first-order chi connectivity index (χ1) is 7.52. The van der Waals surface area contributed by atoms with Gasteiger partial charge in [0, 0.05) is 0 Å². The maximum atomic E-state index is 11.0. The molecule has 0 aromatic heterocycles. The van der Waals surface area contributed by atoms with Crippen LogP contribution in [0, 0.1) is 0 Å². The summed E-state index contributed by atoms with van der Waals surface area (Å²) in [6.07, 6.45) is 1.96. The number of rotatable bonds is 2. The van der Waals surface area contributed by atoms with Crippen LogP contribution in [-0.2, 0) is 12.8 Å². The fourth-order valence-electron chi connectivity index (χ4n) is 2.17. The Hall–Kier alpha value is -1.55. The normalized spacial score (nSPS) is 13.6. The summed E-state index contributed by atoms with van der Waals surface area (Å²) in [5.41, 5.74) is 1.38. The van der Waals surface area contributed by atoms with Crippen molar-refractivity contribution in [3.8, 4) is 0 Å². The third-order valence-corrected chi connectivity index (χ3v) is 3.10. The SMILES string of the molecule is O=C(O)c1cc(Cl)c(C(=O)O)c2c1CCC2. The van der Waals surface area contributed by atoms with Crippen molar-refractivity contribution in [2.24, 2.45) is 0 Å². The lowest BCUT2D eigenvalue weighted by molar-refractivity contribution is 0.0680. The van der Waals surface area contributed by atoms with Crippen molar-refractivity contribution in [3.63, 3.8) is 0 Å². The van der Waals surface area contributed by atoms with Gasteiger partial charge in [0.2, 0.25) is 0 Å². The van der Waals surface area contributed by atoms with E-state index < -0.39 is 11.9 Å². The average molecular weight is 241 g/mol. The minimum atomic E-state index is -1.10. The van der Waals surface area contributed by atoms with Crippen LogP contribution in [0.4, 0.5) is 0 Å². The second-order valence-corrected chi connectivity index (χ2v) is 4.11. The Morgan fingerprint density at radius 3 is 2.31 bits per heavy atom. The number of hydrogen-bond acceptors (Lipinski definition) is 2. The van der Waals surface area contributed by atoms with Gasteiger partial charge in [-0.2, -0.15) is 0 Å². The maximum absolute atomic E-state index is 11.0. The summed E-state index contributed by atoms with van der Waals surface area (Å²) in [6, 6.07) is 1.23. The van der Waals surface area contributed by atoms with Crippen LogP contribution in [0.2, 0.25) is 5.02 Å². The molecular weight excluding hydrogens is 232 g/mol. The highest BCUT2D eigenvalue weighted by molar-refractivity contribution is 6.34. The molecule has 1 aromatic carbocycles. The van der Waals surface area contributed by atoms with Gasteiger partial charge in [-0.25, -0.2) is 9.59 Å². The van der Waals surface area contributed by atoms with E-state index in [2.05, 4.69) is 0 Å². The van der Waals surface area contributed by atoms with E-state index >= 15 is 0 Å². The number of benzene rings is 1. The Balaban J connectivity index is 2.74. The number of hydrogen-bond donors (Lipinski definition) is 2. The largest absolute Gasteiger partial charge is 0.478 e. The van der Waals surface area contributed by atoms with Gasteiger partial charge < -0.3 is 10.2 Å². The molecule has 0 bridgehead atoms. The van der Waals surface area contributed by atoms with Crippen molar-refractivity contribution >= 4 is 23.5 Å². The molecule has 0 radical (unpaired) electrons. The first kappa shape index (κ1) is 11.0. The van der Waals surface area contributed by atoms with Crippen molar-refractivity contribution in [3.05, 3.63) is 33.3 Å². The van der Waals surface area contributed by atoms with Crippen LogP contribution in [0.5, 0.6) is 0 Å². The molecule has 0 atom stereocenters. The zero-order valence-electron chi connectivity index (χ0n) is 8.29. The molecule has 2 rings (SSSR count). The van der Waals surface area contributed by atoms with Gasteiger partial charge in [-0.05, 0) is 36.5 Å². The first-order valence-corrected chi connectivity index (χ1v) is 5.21. The van der Waals surface area contributed by atoms with Crippen molar-refractivity contribution in [2.75, 3.05) is 0 Å². The monoisotopic (exact) mass is 240 g/mol. The second-order valence-electron chi connectivity index (χ2n) is 3.70. The highest BCUT2D eigenvalue weighted by Crippen LogP contribution is 2.33. The van der Waals surface area contributed by atoms with Crippen LogP contribution in [0.25, 0.3) is 0 Å². The minimum absolute atomic E-state index is 0.00514. The number of aromatic carboxylic acids is 2. The van der Waals surface area contributed by atoms with Crippen LogP contribution < -0.4 is 0 Å². The van der Waals surface area contributed by atoms with E-state index in [9.17, 15) is 9.59 Å². The van der Waals surface area contributed by atoms with E-state index in [1.54, 1.807) is 0 Å². The van der Waals surface area contributed by atoms with Gasteiger partial charge in [-0.15, -0.1) is 0 Å². The van der Waals surface area contributed by atoms with Crippen LogP contribution in [0.1, 0.15) is 38.3 Å². The second kappa shape index (κ2) is 3.79. The zero-order chi connectivity index (χ0) is 11.9. The molecule has 0 fully saturated rings. The maximum Gasteiger partial charge on any atom is 0.337 e. The molecule has 4 nitrogen and oxygen atoms in total. The summed E-state index contributed by atoms with van der Waals surface area (Å²) in [4.78, 5) is 22.0. The fourth-order valence-corrected chi connectivity index (χ4v) is 2.47. The van der Waals surface area contributed by atoms with Crippen molar-refractivity contribution in [1.82, 2.24) is 0 Å². The number of halogens is 1.